The lowest BCUT2D eigenvalue weighted by atomic mass is 10.1. The largest absolute Gasteiger partial charge is 0.477 e. The van der Waals surface area contributed by atoms with Crippen LogP contribution in [0.5, 0.6) is 0 Å². The van der Waals surface area contributed by atoms with E-state index in [2.05, 4.69) is 36.5 Å². The van der Waals surface area contributed by atoms with Gasteiger partial charge in [0.2, 0.25) is 11.6 Å². The summed E-state index contributed by atoms with van der Waals surface area (Å²) in [6.07, 6.45) is -15.4. The summed E-state index contributed by atoms with van der Waals surface area (Å²) in [5, 5.41) is 15.0. The lowest BCUT2D eigenvalue weighted by Crippen LogP contribution is -2.42. The van der Waals surface area contributed by atoms with E-state index < -0.39 is 102 Å². The number of halogens is 12. The number of alkyl halides is 12. The number of nitrogens with zero attached hydrogens (tertiary/aromatic N) is 4. The molecule has 0 unspecified atom stereocenters. The number of carboxylic acid groups (broad SMARTS) is 1. The van der Waals surface area contributed by atoms with Crippen molar-refractivity contribution in [3.05, 3.63) is 35.2 Å². The van der Waals surface area contributed by atoms with Crippen LogP contribution in [0.3, 0.4) is 0 Å². The van der Waals surface area contributed by atoms with Crippen molar-refractivity contribution in [2.45, 2.75) is 56.9 Å². The molecule has 0 radical (unpaired) electrons. The standard InChI is InChI=1S/C14H14F6N4O.C9H7F6N3O2/c1-4-12(2,3)24-10(25)8-7-22-11(14(18,19)20)23-9(8)21-6-5-13(15,16)17;10-8(11,12)1-2-16-5-4(6(19)20)3-17-7(18-5)9(13,14)15/h1,7H,5-6H2,2-3H3,(H,24,25)(H,21,22,23);3H,1-2H2,(H,19,20)(H,16,17,18). The van der Waals surface area contributed by atoms with Crippen molar-refractivity contribution in [1.82, 2.24) is 25.3 Å². The Kier molecular flexibility index (Phi) is 12.4. The summed E-state index contributed by atoms with van der Waals surface area (Å²) < 4.78 is 147. The fourth-order valence-corrected chi connectivity index (χ4v) is 2.66. The van der Waals surface area contributed by atoms with E-state index in [1.165, 1.54) is 13.8 Å². The third kappa shape index (κ3) is 13.7. The van der Waals surface area contributed by atoms with E-state index in [-0.39, 0.29) is 0 Å². The number of carbonyl (C=O) groups is 2. The van der Waals surface area contributed by atoms with E-state index >= 15 is 0 Å². The Morgan fingerprint density at radius 1 is 0.756 bits per heavy atom. The molecule has 250 valence electrons. The SMILES string of the molecule is C#CC(C)(C)NC(=O)c1cnc(C(F)(F)F)nc1NCCC(F)(F)F.O=C(O)c1cnc(C(F)(F)F)nc1NCCC(F)(F)F. The highest BCUT2D eigenvalue weighted by Gasteiger charge is 2.37. The molecule has 0 fully saturated rings. The van der Waals surface area contributed by atoms with E-state index in [4.69, 9.17) is 11.5 Å². The second-order valence-corrected chi connectivity index (χ2v) is 9.02. The molecule has 0 aromatic carbocycles. The molecule has 0 atom stereocenters. The number of carboxylic acids is 1. The zero-order valence-electron chi connectivity index (χ0n) is 22.6. The van der Waals surface area contributed by atoms with E-state index in [1.807, 2.05) is 5.32 Å². The van der Waals surface area contributed by atoms with Crippen LogP contribution in [0.2, 0.25) is 0 Å². The normalized spacial score (nSPS) is 12.4. The summed E-state index contributed by atoms with van der Waals surface area (Å²) in [6, 6.07) is 0. The summed E-state index contributed by atoms with van der Waals surface area (Å²) in [7, 11) is 0. The van der Waals surface area contributed by atoms with E-state index in [1.54, 1.807) is 0 Å². The van der Waals surface area contributed by atoms with Crippen LogP contribution in [-0.2, 0) is 12.4 Å². The highest BCUT2D eigenvalue weighted by Crippen LogP contribution is 2.29. The third-order valence-corrected chi connectivity index (χ3v) is 4.75. The molecule has 0 aliphatic heterocycles. The van der Waals surface area contributed by atoms with Gasteiger partial charge in [0.15, 0.2) is 0 Å². The van der Waals surface area contributed by atoms with E-state index in [0.717, 1.165) is 0 Å². The summed E-state index contributed by atoms with van der Waals surface area (Å²) in [5.41, 5.74) is -2.35. The predicted molar refractivity (Wildman–Crippen MR) is 130 cm³/mol. The van der Waals surface area contributed by atoms with Crippen LogP contribution in [0.4, 0.5) is 64.3 Å². The molecule has 2 rings (SSSR count). The minimum Gasteiger partial charge on any atom is -0.477 e. The average molecular weight is 671 g/mol. The number of terminal acetylenes is 1. The Balaban J connectivity index is 0.000000461. The number of rotatable bonds is 9. The van der Waals surface area contributed by atoms with Crippen molar-refractivity contribution in [1.29, 1.82) is 0 Å². The Hall–Kier alpha value is -4.58. The molecule has 10 nitrogen and oxygen atoms in total. The first-order chi connectivity index (χ1) is 20.3. The maximum Gasteiger partial charge on any atom is 0.451 e. The lowest BCUT2D eigenvalue weighted by Gasteiger charge is -2.21. The predicted octanol–water partition coefficient (Wildman–Crippen LogP) is 5.56. The fourth-order valence-electron chi connectivity index (χ4n) is 2.66. The van der Waals surface area contributed by atoms with Gasteiger partial charge in [-0.3, -0.25) is 4.79 Å². The Morgan fingerprint density at radius 3 is 1.47 bits per heavy atom. The monoisotopic (exact) mass is 671 g/mol. The van der Waals surface area contributed by atoms with Crippen LogP contribution in [-0.4, -0.2) is 67.9 Å². The van der Waals surface area contributed by atoms with Gasteiger partial charge in [0.1, 0.15) is 22.8 Å². The van der Waals surface area contributed by atoms with Gasteiger partial charge in [-0.2, -0.15) is 52.7 Å². The third-order valence-electron chi connectivity index (χ3n) is 4.75. The highest BCUT2D eigenvalue weighted by atomic mass is 19.4. The van der Waals surface area contributed by atoms with Crippen molar-refractivity contribution < 1.29 is 67.4 Å². The zero-order valence-corrected chi connectivity index (χ0v) is 22.6. The Morgan fingerprint density at radius 2 is 1.13 bits per heavy atom. The smallest absolute Gasteiger partial charge is 0.451 e. The Bertz CT molecular complexity index is 1380. The first kappa shape index (κ1) is 38.4. The molecule has 1 amide bonds. The molecule has 0 saturated carbocycles. The van der Waals surface area contributed by atoms with Gasteiger partial charge in [0, 0.05) is 25.5 Å². The number of aromatic carboxylic acids is 1. The van der Waals surface area contributed by atoms with Crippen LogP contribution >= 0.6 is 0 Å². The molecule has 45 heavy (non-hydrogen) atoms. The van der Waals surface area contributed by atoms with Crippen molar-refractivity contribution in [3.8, 4) is 12.3 Å². The molecule has 2 aromatic heterocycles. The summed E-state index contributed by atoms with van der Waals surface area (Å²) >= 11 is 0. The average Bonchev–Trinajstić information content (AvgIpc) is 2.86. The molecule has 22 heteroatoms. The second-order valence-electron chi connectivity index (χ2n) is 9.02. The maximum absolute atomic E-state index is 12.7. The fraction of sp³-hybridized carbons (Fsp3) is 0.478. The number of anilines is 2. The van der Waals surface area contributed by atoms with Crippen LogP contribution < -0.4 is 16.0 Å². The van der Waals surface area contributed by atoms with Gasteiger partial charge >= 0.3 is 30.7 Å². The number of hydrogen-bond acceptors (Lipinski definition) is 8. The number of carbonyl (C=O) groups excluding carboxylic acids is 1. The lowest BCUT2D eigenvalue weighted by molar-refractivity contribution is -0.145. The highest BCUT2D eigenvalue weighted by molar-refractivity contribution is 5.99. The minimum absolute atomic E-state index is 0.383. The first-order valence-electron chi connectivity index (χ1n) is 11.8. The van der Waals surface area contributed by atoms with Crippen LogP contribution in [0, 0.1) is 12.3 Å². The van der Waals surface area contributed by atoms with Gasteiger partial charge in [0.05, 0.1) is 18.4 Å². The zero-order chi connectivity index (χ0) is 35.0. The van der Waals surface area contributed by atoms with Crippen LogP contribution in [0.1, 0.15) is 59.1 Å². The Labute approximate surface area is 245 Å². The van der Waals surface area contributed by atoms with Gasteiger partial charge in [-0.15, -0.1) is 6.42 Å². The summed E-state index contributed by atoms with van der Waals surface area (Å²) in [4.78, 5) is 34.7. The van der Waals surface area contributed by atoms with Gasteiger partial charge in [-0.05, 0) is 13.8 Å². The van der Waals surface area contributed by atoms with Crippen molar-refractivity contribution in [3.63, 3.8) is 0 Å². The first-order valence-corrected chi connectivity index (χ1v) is 11.8. The molecule has 4 N–H and O–H groups in total. The quantitative estimate of drug-likeness (QED) is 0.199. The topological polar surface area (TPSA) is 142 Å². The second kappa shape index (κ2) is 14.5. The summed E-state index contributed by atoms with van der Waals surface area (Å²) in [6.45, 7) is 1.33. The number of hydrogen-bond donors (Lipinski definition) is 4. The van der Waals surface area contributed by atoms with Crippen molar-refractivity contribution in [2.24, 2.45) is 0 Å². The number of nitrogens with one attached hydrogen (secondary N) is 3. The van der Waals surface area contributed by atoms with E-state index in [0.29, 0.717) is 12.4 Å². The van der Waals surface area contributed by atoms with E-state index in [9.17, 15) is 62.3 Å². The molecular weight excluding hydrogens is 650 g/mol. The molecule has 2 heterocycles. The maximum atomic E-state index is 12.7. The van der Waals surface area contributed by atoms with Crippen LogP contribution in [0.25, 0.3) is 0 Å². The molecule has 0 spiro atoms. The van der Waals surface area contributed by atoms with Crippen molar-refractivity contribution >= 4 is 23.5 Å². The molecule has 2 aromatic rings. The molecule has 0 bridgehead atoms. The minimum atomic E-state index is -4.93. The molecule has 0 aliphatic rings. The number of aromatic nitrogens is 4. The van der Waals surface area contributed by atoms with Gasteiger partial charge in [-0.1, -0.05) is 5.92 Å². The van der Waals surface area contributed by atoms with Gasteiger partial charge < -0.3 is 21.1 Å². The number of amides is 1. The summed E-state index contributed by atoms with van der Waals surface area (Å²) in [5.74, 6) is -5.06. The van der Waals surface area contributed by atoms with Gasteiger partial charge in [0.25, 0.3) is 5.91 Å². The molecular formula is C23H21F12N7O3. The van der Waals surface area contributed by atoms with Gasteiger partial charge in [-0.25, -0.2) is 24.7 Å². The van der Waals surface area contributed by atoms with Crippen LogP contribution in [0.15, 0.2) is 12.4 Å². The molecule has 0 aliphatic carbocycles. The van der Waals surface area contributed by atoms with Crippen molar-refractivity contribution in [2.75, 3.05) is 23.7 Å². The molecule has 0 saturated heterocycles.